The SMILES string of the molecule is CCOC(C(=O)O)C(O)C(=O)O.OCCCCO. The molecule has 0 aliphatic carbocycles. The van der Waals surface area contributed by atoms with Crippen LogP contribution < -0.4 is 0 Å². The van der Waals surface area contributed by atoms with Gasteiger partial charge in [0.1, 0.15) is 0 Å². The van der Waals surface area contributed by atoms with Crippen LogP contribution in [0.3, 0.4) is 0 Å². The maximum atomic E-state index is 10.3. The van der Waals surface area contributed by atoms with Crippen LogP contribution in [0.2, 0.25) is 0 Å². The second-order valence-electron chi connectivity index (χ2n) is 3.15. The highest BCUT2D eigenvalue weighted by Crippen LogP contribution is 2.00. The van der Waals surface area contributed by atoms with Gasteiger partial charge < -0.3 is 30.3 Å². The van der Waals surface area contributed by atoms with E-state index in [4.69, 9.17) is 25.5 Å². The molecule has 0 bridgehead atoms. The largest absolute Gasteiger partial charge is 0.479 e. The number of carboxylic acids is 2. The summed E-state index contributed by atoms with van der Waals surface area (Å²) in [5.74, 6) is -3.11. The van der Waals surface area contributed by atoms with Crippen molar-refractivity contribution in [2.75, 3.05) is 19.8 Å². The Balaban J connectivity index is 0. The van der Waals surface area contributed by atoms with Gasteiger partial charge in [-0.3, -0.25) is 0 Å². The number of aliphatic hydroxyl groups excluding tert-OH is 3. The molecular weight excluding hydrogens is 248 g/mol. The van der Waals surface area contributed by atoms with Gasteiger partial charge in [0.2, 0.25) is 0 Å². The normalized spacial score (nSPS) is 13.1. The molecule has 0 aliphatic heterocycles. The Morgan fingerprint density at radius 2 is 1.50 bits per heavy atom. The molecule has 0 aromatic rings. The van der Waals surface area contributed by atoms with E-state index in [1.165, 1.54) is 6.92 Å². The average Bonchev–Trinajstić information content (AvgIpc) is 2.32. The van der Waals surface area contributed by atoms with E-state index in [0.29, 0.717) is 0 Å². The molecule has 0 fully saturated rings. The topological polar surface area (TPSA) is 145 Å². The second kappa shape index (κ2) is 12.2. The van der Waals surface area contributed by atoms with Crippen LogP contribution in [0.5, 0.6) is 0 Å². The standard InChI is InChI=1S/C6H10O6.C4H10O2/c1-2-12-4(6(10)11)3(7)5(8)9;5-3-1-2-4-6/h3-4,7H,2H2,1H3,(H,8,9)(H,10,11);5-6H,1-4H2. The highest BCUT2D eigenvalue weighted by Gasteiger charge is 2.32. The van der Waals surface area contributed by atoms with Crippen molar-refractivity contribution in [1.82, 2.24) is 0 Å². The van der Waals surface area contributed by atoms with Crippen LogP contribution in [0.15, 0.2) is 0 Å². The summed E-state index contributed by atoms with van der Waals surface area (Å²) in [6.07, 6.45) is -2.29. The Labute approximate surface area is 104 Å². The highest BCUT2D eigenvalue weighted by atomic mass is 16.5. The molecule has 5 N–H and O–H groups in total. The van der Waals surface area contributed by atoms with Crippen LogP contribution >= 0.6 is 0 Å². The molecule has 0 spiro atoms. The predicted molar refractivity (Wildman–Crippen MR) is 60.1 cm³/mol. The third-order valence-corrected chi connectivity index (χ3v) is 1.70. The fourth-order valence-corrected chi connectivity index (χ4v) is 0.830. The van der Waals surface area contributed by atoms with Gasteiger partial charge >= 0.3 is 11.9 Å². The van der Waals surface area contributed by atoms with E-state index in [1.54, 1.807) is 0 Å². The minimum Gasteiger partial charge on any atom is -0.479 e. The van der Waals surface area contributed by atoms with E-state index in [2.05, 4.69) is 4.74 Å². The van der Waals surface area contributed by atoms with Crippen molar-refractivity contribution in [3.63, 3.8) is 0 Å². The Hall–Kier alpha value is -1.22. The van der Waals surface area contributed by atoms with Gasteiger partial charge in [-0.2, -0.15) is 0 Å². The number of carboxylic acid groups (broad SMARTS) is 2. The number of aliphatic carboxylic acids is 2. The van der Waals surface area contributed by atoms with Crippen molar-refractivity contribution in [1.29, 1.82) is 0 Å². The van der Waals surface area contributed by atoms with Gasteiger partial charge in [-0.15, -0.1) is 0 Å². The van der Waals surface area contributed by atoms with Crippen LogP contribution in [-0.2, 0) is 14.3 Å². The molecular formula is C10H20O8. The van der Waals surface area contributed by atoms with Gasteiger partial charge in [0, 0.05) is 19.8 Å². The van der Waals surface area contributed by atoms with E-state index in [0.717, 1.165) is 12.8 Å². The molecule has 0 heterocycles. The van der Waals surface area contributed by atoms with Gasteiger partial charge in [-0.1, -0.05) is 0 Å². The fourth-order valence-electron chi connectivity index (χ4n) is 0.830. The summed E-state index contributed by atoms with van der Waals surface area (Å²) in [6.45, 7) is 1.92. The van der Waals surface area contributed by atoms with Gasteiger partial charge in [0.15, 0.2) is 12.2 Å². The van der Waals surface area contributed by atoms with Gasteiger partial charge in [-0.25, -0.2) is 9.59 Å². The van der Waals surface area contributed by atoms with E-state index in [9.17, 15) is 9.59 Å². The first-order chi connectivity index (χ1) is 8.42. The molecule has 18 heavy (non-hydrogen) atoms. The molecule has 0 radical (unpaired) electrons. The Bertz CT molecular complexity index is 226. The Morgan fingerprint density at radius 1 is 1.06 bits per heavy atom. The van der Waals surface area contributed by atoms with Crippen molar-refractivity contribution in [2.45, 2.75) is 32.0 Å². The number of ether oxygens (including phenoxy) is 1. The van der Waals surface area contributed by atoms with Crippen molar-refractivity contribution in [2.24, 2.45) is 0 Å². The smallest absolute Gasteiger partial charge is 0.336 e. The van der Waals surface area contributed by atoms with Crippen molar-refractivity contribution in [3.8, 4) is 0 Å². The molecule has 2 atom stereocenters. The molecule has 8 nitrogen and oxygen atoms in total. The van der Waals surface area contributed by atoms with Gasteiger partial charge in [0.05, 0.1) is 0 Å². The zero-order valence-corrected chi connectivity index (χ0v) is 10.2. The lowest BCUT2D eigenvalue weighted by Crippen LogP contribution is -2.41. The maximum absolute atomic E-state index is 10.3. The minimum atomic E-state index is -2.03. The maximum Gasteiger partial charge on any atom is 0.336 e. The summed E-state index contributed by atoms with van der Waals surface area (Å²) in [4.78, 5) is 20.4. The lowest BCUT2D eigenvalue weighted by molar-refractivity contribution is -0.170. The molecule has 0 saturated heterocycles. The summed E-state index contributed by atoms with van der Waals surface area (Å²) in [5.41, 5.74) is 0. The Kier molecular flexibility index (Phi) is 13.0. The lowest BCUT2D eigenvalue weighted by Gasteiger charge is -2.14. The summed E-state index contributed by atoms with van der Waals surface area (Å²) >= 11 is 0. The first-order valence-electron chi connectivity index (χ1n) is 5.39. The summed E-state index contributed by atoms with van der Waals surface area (Å²) in [7, 11) is 0. The molecule has 0 saturated carbocycles. The first-order valence-corrected chi connectivity index (χ1v) is 5.39. The van der Waals surface area contributed by atoms with Gasteiger partial charge in [-0.05, 0) is 19.8 Å². The number of hydrogen-bond donors (Lipinski definition) is 5. The summed E-state index contributed by atoms with van der Waals surface area (Å²) in [5, 5.41) is 41.6. The quantitative estimate of drug-likeness (QED) is 0.341. The number of aliphatic hydroxyl groups is 3. The molecule has 0 amide bonds. The predicted octanol–water partition coefficient (Wildman–Crippen LogP) is -1.33. The minimum absolute atomic E-state index is 0.0291. The van der Waals surface area contributed by atoms with Crippen molar-refractivity contribution < 1.29 is 39.9 Å². The molecule has 108 valence electrons. The Morgan fingerprint density at radius 3 is 1.72 bits per heavy atom. The fraction of sp³-hybridized carbons (Fsp3) is 0.800. The number of carbonyl (C=O) groups is 2. The van der Waals surface area contributed by atoms with Crippen molar-refractivity contribution >= 4 is 11.9 Å². The van der Waals surface area contributed by atoms with Crippen LogP contribution in [0.25, 0.3) is 0 Å². The van der Waals surface area contributed by atoms with Crippen LogP contribution in [0.4, 0.5) is 0 Å². The first kappa shape index (κ1) is 19.1. The number of rotatable bonds is 8. The third kappa shape index (κ3) is 9.97. The lowest BCUT2D eigenvalue weighted by atomic mass is 10.2. The van der Waals surface area contributed by atoms with E-state index in [-0.39, 0.29) is 19.8 Å². The molecule has 0 aliphatic rings. The zero-order valence-electron chi connectivity index (χ0n) is 10.2. The zero-order chi connectivity index (χ0) is 14.6. The summed E-state index contributed by atoms with van der Waals surface area (Å²) in [6, 6.07) is 0. The average molecular weight is 268 g/mol. The number of hydrogen-bond acceptors (Lipinski definition) is 6. The molecule has 0 aromatic heterocycles. The van der Waals surface area contributed by atoms with E-state index >= 15 is 0 Å². The molecule has 8 heteroatoms. The highest BCUT2D eigenvalue weighted by molar-refractivity contribution is 5.83. The van der Waals surface area contributed by atoms with Crippen LogP contribution in [0.1, 0.15) is 19.8 Å². The van der Waals surface area contributed by atoms with Crippen LogP contribution in [0, 0.1) is 0 Å². The van der Waals surface area contributed by atoms with E-state index in [1.807, 2.05) is 0 Å². The second-order valence-corrected chi connectivity index (χ2v) is 3.15. The molecule has 0 aromatic carbocycles. The monoisotopic (exact) mass is 268 g/mol. The summed E-state index contributed by atoms with van der Waals surface area (Å²) < 4.78 is 4.50. The molecule has 2 unspecified atom stereocenters. The third-order valence-electron chi connectivity index (χ3n) is 1.70. The molecule has 0 rings (SSSR count). The van der Waals surface area contributed by atoms with Crippen molar-refractivity contribution in [3.05, 3.63) is 0 Å². The van der Waals surface area contributed by atoms with Crippen LogP contribution in [-0.4, -0.2) is 69.5 Å². The number of unbranched alkanes of at least 4 members (excludes halogenated alkanes) is 1. The van der Waals surface area contributed by atoms with Gasteiger partial charge in [0.25, 0.3) is 0 Å². The van der Waals surface area contributed by atoms with E-state index < -0.39 is 24.1 Å².